The van der Waals surface area contributed by atoms with Crippen LogP contribution >= 0.6 is 11.3 Å². The Balaban J connectivity index is 1.81. The second-order valence-corrected chi connectivity index (χ2v) is 9.45. The zero-order chi connectivity index (χ0) is 21.2. The van der Waals surface area contributed by atoms with Gasteiger partial charge in [0.25, 0.3) is 5.56 Å². The topological polar surface area (TPSA) is 110 Å². The van der Waals surface area contributed by atoms with E-state index in [4.69, 9.17) is 10.5 Å². The van der Waals surface area contributed by atoms with Crippen LogP contribution in [0.15, 0.2) is 15.7 Å². The SMILES string of the molecule is COC1=c2c(c(=O)[nH]c(=O)n2C2CC2)=C(N)C(F)C1c1cc2c(s1)CCCC2CO. The molecule has 5 rings (SSSR count). The lowest BCUT2D eigenvalue weighted by Crippen LogP contribution is -2.60. The first-order chi connectivity index (χ1) is 14.5. The number of H-pyrrole nitrogens is 1. The number of halogens is 1. The molecule has 9 heteroatoms. The molecule has 1 fully saturated rings. The molecule has 7 nitrogen and oxygen atoms in total. The zero-order valence-electron chi connectivity index (χ0n) is 16.6. The van der Waals surface area contributed by atoms with Gasteiger partial charge in [-0.2, -0.15) is 0 Å². The molecule has 2 aromatic heterocycles. The largest absolute Gasteiger partial charge is 0.498 e. The highest BCUT2D eigenvalue weighted by Gasteiger charge is 2.40. The molecule has 3 aliphatic rings. The first-order valence-corrected chi connectivity index (χ1v) is 11.1. The molecule has 2 heterocycles. The van der Waals surface area contributed by atoms with Crippen molar-refractivity contribution in [1.82, 2.24) is 9.55 Å². The summed E-state index contributed by atoms with van der Waals surface area (Å²) < 4.78 is 22.8. The molecular formula is C21H24FN3O4S. The summed E-state index contributed by atoms with van der Waals surface area (Å²) in [7, 11) is 1.44. The van der Waals surface area contributed by atoms with Gasteiger partial charge in [-0.3, -0.25) is 14.3 Å². The smallest absolute Gasteiger partial charge is 0.329 e. The highest BCUT2D eigenvalue weighted by molar-refractivity contribution is 7.12. The Kier molecular flexibility index (Phi) is 4.62. The number of hydrogen-bond acceptors (Lipinski definition) is 6. The molecule has 1 saturated carbocycles. The minimum atomic E-state index is -1.65. The number of aliphatic hydroxyl groups is 1. The lowest BCUT2D eigenvalue weighted by Gasteiger charge is -2.27. The van der Waals surface area contributed by atoms with E-state index in [0.717, 1.165) is 47.4 Å². The van der Waals surface area contributed by atoms with Gasteiger partial charge in [-0.25, -0.2) is 9.18 Å². The number of thiophene rings is 1. The van der Waals surface area contributed by atoms with E-state index in [1.54, 1.807) is 0 Å². The van der Waals surface area contributed by atoms with Crippen LogP contribution in [0.1, 0.15) is 58.9 Å². The molecule has 3 aliphatic carbocycles. The van der Waals surface area contributed by atoms with Crippen molar-refractivity contribution >= 4 is 22.8 Å². The number of rotatable bonds is 4. The van der Waals surface area contributed by atoms with Crippen molar-refractivity contribution in [2.75, 3.05) is 13.7 Å². The van der Waals surface area contributed by atoms with Crippen molar-refractivity contribution in [3.8, 4) is 0 Å². The average Bonchev–Trinajstić information content (AvgIpc) is 3.46. The molecule has 160 valence electrons. The van der Waals surface area contributed by atoms with Crippen LogP contribution < -0.4 is 27.6 Å². The molecular weight excluding hydrogens is 409 g/mol. The summed E-state index contributed by atoms with van der Waals surface area (Å²) in [5, 5.41) is 10.0. The third kappa shape index (κ3) is 2.79. The van der Waals surface area contributed by atoms with Gasteiger partial charge < -0.3 is 15.6 Å². The van der Waals surface area contributed by atoms with E-state index >= 15 is 4.39 Å². The van der Waals surface area contributed by atoms with Crippen molar-refractivity contribution in [2.24, 2.45) is 5.73 Å². The van der Waals surface area contributed by atoms with Crippen LogP contribution in [-0.2, 0) is 11.2 Å². The lowest BCUT2D eigenvalue weighted by atomic mass is 9.86. The molecule has 2 aromatic rings. The molecule has 3 atom stereocenters. The van der Waals surface area contributed by atoms with Crippen LogP contribution in [-0.4, -0.2) is 34.5 Å². The summed E-state index contributed by atoms with van der Waals surface area (Å²) in [5.41, 5.74) is 5.83. The van der Waals surface area contributed by atoms with E-state index in [0.29, 0.717) is 5.35 Å². The molecule has 0 spiro atoms. The molecule has 0 aliphatic heterocycles. The minimum absolute atomic E-state index is 0.00310. The van der Waals surface area contributed by atoms with Crippen molar-refractivity contribution in [2.45, 2.75) is 56.2 Å². The van der Waals surface area contributed by atoms with Gasteiger partial charge in [0, 0.05) is 28.3 Å². The molecule has 30 heavy (non-hydrogen) atoms. The van der Waals surface area contributed by atoms with Gasteiger partial charge >= 0.3 is 5.69 Å². The maximum Gasteiger partial charge on any atom is 0.329 e. The normalized spacial score (nSPS) is 25.8. The fourth-order valence-corrected chi connectivity index (χ4v) is 6.26. The Morgan fingerprint density at radius 1 is 1.37 bits per heavy atom. The Bertz CT molecular complexity index is 1260. The van der Waals surface area contributed by atoms with Crippen LogP contribution in [0.25, 0.3) is 11.5 Å². The summed E-state index contributed by atoms with van der Waals surface area (Å²) in [4.78, 5) is 29.3. The maximum atomic E-state index is 15.7. The summed E-state index contributed by atoms with van der Waals surface area (Å²) in [6.07, 6.45) is 2.75. The van der Waals surface area contributed by atoms with Gasteiger partial charge in [0.05, 0.1) is 29.3 Å². The Morgan fingerprint density at radius 2 is 2.13 bits per heavy atom. The summed E-state index contributed by atoms with van der Waals surface area (Å²) in [6, 6.07) is 1.90. The molecule has 0 bridgehead atoms. The van der Waals surface area contributed by atoms with E-state index < -0.39 is 23.3 Å². The first kappa shape index (κ1) is 19.6. The number of nitrogens with one attached hydrogen (secondary N) is 1. The van der Waals surface area contributed by atoms with E-state index in [9.17, 15) is 14.7 Å². The molecule has 0 radical (unpaired) electrons. The van der Waals surface area contributed by atoms with E-state index in [1.165, 1.54) is 23.0 Å². The van der Waals surface area contributed by atoms with Crippen molar-refractivity contribution in [3.05, 3.63) is 52.8 Å². The number of ether oxygens (including phenoxy) is 1. The molecule has 3 unspecified atom stereocenters. The Morgan fingerprint density at radius 3 is 2.80 bits per heavy atom. The third-order valence-corrected chi connectivity index (χ3v) is 7.75. The molecule has 4 N–H and O–H groups in total. The standard InChI is InChI=1S/C21H24FN3O4S/c1-29-19-14(13-7-11-9(8-26)3-2-4-12(11)30-13)16(22)17(23)15-18(19)25(10-5-6-10)21(28)24-20(15)27/h7,9-10,14,16,26H,2-6,8,23H2,1H3,(H,24,27,28). The summed E-state index contributed by atoms with van der Waals surface area (Å²) in [5.74, 6) is -0.517. The van der Waals surface area contributed by atoms with Gasteiger partial charge in [-0.1, -0.05) is 0 Å². The number of nitrogens with zero attached hydrogens (tertiary/aromatic N) is 1. The fourth-order valence-electron chi connectivity index (χ4n) is 4.85. The van der Waals surface area contributed by atoms with Gasteiger partial charge in [0.1, 0.15) is 5.76 Å². The average molecular weight is 434 g/mol. The summed E-state index contributed by atoms with van der Waals surface area (Å²) >= 11 is 1.50. The lowest BCUT2D eigenvalue weighted by molar-refractivity contribution is 0.253. The number of hydrogen-bond donors (Lipinski definition) is 3. The van der Waals surface area contributed by atoms with E-state index in [2.05, 4.69) is 4.98 Å². The van der Waals surface area contributed by atoms with Crippen molar-refractivity contribution in [3.63, 3.8) is 0 Å². The Labute approximate surface area is 175 Å². The zero-order valence-corrected chi connectivity index (χ0v) is 17.4. The first-order valence-electron chi connectivity index (χ1n) is 10.3. The third-order valence-electron chi connectivity index (χ3n) is 6.45. The number of methoxy groups -OCH3 is 1. The second-order valence-electron chi connectivity index (χ2n) is 8.29. The summed E-state index contributed by atoms with van der Waals surface area (Å²) in [6.45, 7) is 0.0570. The molecule has 0 amide bonds. The molecule has 0 aromatic carbocycles. The van der Waals surface area contributed by atoms with Crippen LogP contribution in [0, 0.1) is 0 Å². The number of aromatic nitrogens is 2. The highest BCUT2D eigenvalue weighted by Crippen LogP contribution is 2.44. The van der Waals surface area contributed by atoms with Crippen molar-refractivity contribution < 1.29 is 14.2 Å². The van der Waals surface area contributed by atoms with E-state index in [-0.39, 0.29) is 35.2 Å². The van der Waals surface area contributed by atoms with Crippen LogP contribution in [0.5, 0.6) is 0 Å². The van der Waals surface area contributed by atoms with Crippen molar-refractivity contribution in [1.29, 1.82) is 0 Å². The number of aliphatic hydroxyl groups excluding tert-OH is 1. The van der Waals surface area contributed by atoms with Gasteiger partial charge in [0.15, 0.2) is 6.17 Å². The Hall–Kier alpha value is -2.39. The predicted octanol–water partition coefficient (Wildman–Crippen LogP) is 0.302. The number of fused-ring (bicyclic) bond motifs is 2. The monoisotopic (exact) mass is 433 g/mol. The number of aromatic amines is 1. The molecule has 0 saturated heterocycles. The van der Waals surface area contributed by atoms with Crippen LogP contribution in [0.3, 0.4) is 0 Å². The van der Waals surface area contributed by atoms with Gasteiger partial charge in [-0.15, -0.1) is 11.3 Å². The number of nitrogens with two attached hydrogens (primary N) is 1. The van der Waals surface area contributed by atoms with E-state index in [1.807, 2.05) is 6.07 Å². The predicted molar refractivity (Wildman–Crippen MR) is 112 cm³/mol. The quantitative estimate of drug-likeness (QED) is 0.643. The number of aryl methyl sites for hydroxylation is 1. The van der Waals surface area contributed by atoms with Gasteiger partial charge in [0.2, 0.25) is 0 Å². The highest BCUT2D eigenvalue weighted by atomic mass is 32.1. The second kappa shape index (κ2) is 7.09. The van der Waals surface area contributed by atoms with Crippen LogP contribution in [0.4, 0.5) is 4.39 Å². The maximum absolute atomic E-state index is 15.7. The number of alkyl halides is 1. The minimum Gasteiger partial charge on any atom is -0.498 e. The van der Waals surface area contributed by atoms with Gasteiger partial charge in [-0.05, 0) is 43.7 Å². The van der Waals surface area contributed by atoms with Crippen LogP contribution in [0.2, 0.25) is 0 Å². The fraction of sp³-hybridized carbons (Fsp3) is 0.524.